The highest BCUT2D eigenvalue weighted by atomic mass is 32.2. The topological polar surface area (TPSA) is 80.1 Å². The van der Waals surface area contributed by atoms with E-state index in [1.54, 1.807) is 6.07 Å². The summed E-state index contributed by atoms with van der Waals surface area (Å²) < 4.78 is 67.0. The van der Waals surface area contributed by atoms with Crippen LogP contribution in [-0.2, 0) is 16.0 Å². The van der Waals surface area contributed by atoms with E-state index in [0.717, 1.165) is 36.7 Å². The van der Waals surface area contributed by atoms with Crippen LogP contribution in [0.2, 0.25) is 0 Å². The van der Waals surface area contributed by atoms with Gasteiger partial charge in [-0.2, -0.15) is 18.4 Å². The van der Waals surface area contributed by atoms with Crippen molar-refractivity contribution in [1.29, 1.82) is 5.26 Å². The molecule has 0 saturated carbocycles. The SMILES string of the molecule is CS(=O)(=O)c1cc(Oc2ncccc2C(F)(F)F)ccc1C#N. The van der Waals surface area contributed by atoms with Gasteiger partial charge in [0, 0.05) is 18.5 Å². The number of aromatic nitrogens is 1. The summed E-state index contributed by atoms with van der Waals surface area (Å²) in [6.07, 6.45) is -2.67. The van der Waals surface area contributed by atoms with Crippen LogP contribution >= 0.6 is 0 Å². The summed E-state index contributed by atoms with van der Waals surface area (Å²) in [5.74, 6) is -0.877. The maximum Gasteiger partial charge on any atom is 0.421 e. The molecular weight excluding hydrogens is 333 g/mol. The van der Waals surface area contributed by atoms with Crippen LogP contribution in [0.1, 0.15) is 11.1 Å². The molecule has 2 aromatic rings. The smallest absolute Gasteiger partial charge is 0.421 e. The fourth-order valence-corrected chi connectivity index (χ4v) is 2.61. The van der Waals surface area contributed by atoms with E-state index < -0.39 is 27.5 Å². The van der Waals surface area contributed by atoms with Crippen LogP contribution in [0.25, 0.3) is 0 Å². The fourth-order valence-electron chi connectivity index (χ4n) is 1.76. The summed E-state index contributed by atoms with van der Waals surface area (Å²) in [6.45, 7) is 0. The lowest BCUT2D eigenvalue weighted by molar-refractivity contribution is -0.138. The van der Waals surface area contributed by atoms with E-state index >= 15 is 0 Å². The summed E-state index contributed by atoms with van der Waals surface area (Å²) in [5.41, 5.74) is -1.22. The number of pyridine rings is 1. The number of alkyl halides is 3. The summed E-state index contributed by atoms with van der Waals surface area (Å²) in [4.78, 5) is 3.19. The first-order valence-corrected chi connectivity index (χ1v) is 7.96. The van der Waals surface area contributed by atoms with Gasteiger partial charge < -0.3 is 4.74 Å². The highest BCUT2D eigenvalue weighted by Gasteiger charge is 2.35. The molecule has 0 aliphatic carbocycles. The van der Waals surface area contributed by atoms with Crippen molar-refractivity contribution in [1.82, 2.24) is 4.98 Å². The lowest BCUT2D eigenvalue weighted by Crippen LogP contribution is -2.08. The summed E-state index contributed by atoms with van der Waals surface area (Å²) >= 11 is 0. The summed E-state index contributed by atoms with van der Waals surface area (Å²) in [7, 11) is -3.74. The molecule has 1 heterocycles. The Bertz CT molecular complexity index is 887. The van der Waals surface area contributed by atoms with Crippen LogP contribution in [0.5, 0.6) is 11.6 Å². The predicted molar refractivity (Wildman–Crippen MR) is 73.6 cm³/mol. The minimum Gasteiger partial charge on any atom is -0.438 e. The average Bonchev–Trinajstić information content (AvgIpc) is 2.46. The van der Waals surface area contributed by atoms with Crippen LogP contribution < -0.4 is 4.74 Å². The molecule has 0 amide bonds. The Morgan fingerprint density at radius 3 is 2.52 bits per heavy atom. The molecule has 9 heteroatoms. The fraction of sp³-hybridized carbons (Fsp3) is 0.143. The molecule has 0 fully saturated rings. The molecule has 0 aliphatic heterocycles. The molecule has 0 N–H and O–H groups in total. The van der Waals surface area contributed by atoms with Gasteiger partial charge in [0.25, 0.3) is 0 Å². The lowest BCUT2D eigenvalue weighted by Gasteiger charge is -2.13. The Morgan fingerprint density at radius 2 is 1.96 bits per heavy atom. The van der Waals surface area contributed by atoms with Crippen LogP contribution in [0.15, 0.2) is 41.4 Å². The van der Waals surface area contributed by atoms with Crippen LogP contribution in [0, 0.1) is 11.3 Å². The van der Waals surface area contributed by atoms with Crippen LogP contribution in [0.4, 0.5) is 13.2 Å². The van der Waals surface area contributed by atoms with Gasteiger partial charge in [-0.25, -0.2) is 13.4 Å². The Labute approximate surface area is 129 Å². The van der Waals surface area contributed by atoms with Gasteiger partial charge in [-0.1, -0.05) is 0 Å². The molecule has 0 aliphatic rings. The third-order valence-corrected chi connectivity index (χ3v) is 3.90. The van der Waals surface area contributed by atoms with E-state index in [2.05, 4.69) is 4.98 Å². The normalized spacial score (nSPS) is 11.8. The van der Waals surface area contributed by atoms with Crippen LogP contribution in [-0.4, -0.2) is 19.7 Å². The van der Waals surface area contributed by atoms with Crippen molar-refractivity contribution in [2.24, 2.45) is 0 Å². The molecule has 0 bridgehead atoms. The van der Waals surface area contributed by atoms with E-state index in [1.165, 1.54) is 6.07 Å². The lowest BCUT2D eigenvalue weighted by atomic mass is 10.2. The van der Waals surface area contributed by atoms with Crippen molar-refractivity contribution >= 4 is 9.84 Å². The molecule has 0 spiro atoms. The molecule has 5 nitrogen and oxygen atoms in total. The summed E-state index contributed by atoms with van der Waals surface area (Å²) in [5, 5.41) is 8.90. The second kappa shape index (κ2) is 5.89. The van der Waals surface area contributed by atoms with Gasteiger partial charge in [0.05, 0.1) is 10.5 Å². The number of rotatable bonds is 3. The van der Waals surface area contributed by atoms with E-state index in [1.807, 2.05) is 0 Å². The standard InChI is InChI=1S/C14H9F3N2O3S/c1-23(20,21)12-7-10(5-4-9(12)8-18)22-13-11(14(15,16)17)3-2-6-19-13/h2-7H,1H3. The molecule has 0 atom stereocenters. The first-order chi connectivity index (χ1) is 10.6. The third kappa shape index (κ3) is 3.78. The molecular formula is C14H9F3N2O3S. The van der Waals surface area contributed by atoms with E-state index in [-0.39, 0.29) is 16.2 Å². The van der Waals surface area contributed by atoms with Crippen molar-refractivity contribution < 1.29 is 26.3 Å². The zero-order valence-electron chi connectivity index (χ0n) is 11.6. The van der Waals surface area contributed by atoms with Gasteiger partial charge in [-0.15, -0.1) is 0 Å². The van der Waals surface area contributed by atoms with Crippen molar-refractivity contribution in [2.75, 3.05) is 6.26 Å². The van der Waals surface area contributed by atoms with Crippen molar-refractivity contribution in [3.8, 4) is 17.7 Å². The molecule has 2 rings (SSSR count). The number of sulfone groups is 1. The molecule has 1 aromatic carbocycles. The van der Waals surface area contributed by atoms with Crippen molar-refractivity contribution in [2.45, 2.75) is 11.1 Å². The van der Waals surface area contributed by atoms with E-state index in [4.69, 9.17) is 10.00 Å². The molecule has 120 valence electrons. The van der Waals surface area contributed by atoms with Crippen LogP contribution in [0.3, 0.4) is 0 Å². The Balaban J connectivity index is 2.50. The van der Waals surface area contributed by atoms with E-state index in [9.17, 15) is 21.6 Å². The van der Waals surface area contributed by atoms with Gasteiger partial charge in [0.15, 0.2) is 9.84 Å². The number of benzene rings is 1. The molecule has 0 radical (unpaired) electrons. The second-order valence-electron chi connectivity index (χ2n) is 4.50. The van der Waals surface area contributed by atoms with Crippen molar-refractivity contribution in [3.63, 3.8) is 0 Å². The molecule has 23 heavy (non-hydrogen) atoms. The maximum absolute atomic E-state index is 12.9. The molecule has 0 saturated heterocycles. The predicted octanol–water partition coefficient (Wildman–Crippen LogP) is 3.17. The first-order valence-electron chi connectivity index (χ1n) is 6.07. The van der Waals surface area contributed by atoms with Crippen molar-refractivity contribution in [3.05, 3.63) is 47.7 Å². The van der Waals surface area contributed by atoms with Gasteiger partial charge in [0.2, 0.25) is 5.88 Å². The zero-order chi connectivity index (χ0) is 17.3. The minimum atomic E-state index is -4.67. The maximum atomic E-state index is 12.9. The number of nitriles is 1. The largest absolute Gasteiger partial charge is 0.438 e. The van der Waals surface area contributed by atoms with Gasteiger partial charge in [0.1, 0.15) is 17.4 Å². The van der Waals surface area contributed by atoms with Gasteiger partial charge in [-0.05, 0) is 24.3 Å². The van der Waals surface area contributed by atoms with E-state index in [0.29, 0.717) is 0 Å². The highest BCUT2D eigenvalue weighted by molar-refractivity contribution is 7.90. The second-order valence-corrected chi connectivity index (χ2v) is 6.48. The average molecular weight is 342 g/mol. The molecule has 1 aromatic heterocycles. The first kappa shape index (κ1) is 16.8. The Hall–Kier alpha value is -2.60. The monoisotopic (exact) mass is 342 g/mol. The highest BCUT2D eigenvalue weighted by Crippen LogP contribution is 2.37. The zero-order valence-corrected chi connectivity index (χ0v) is 12.4. The molecule has 0 unspecified atom stereocenters. The number of nitrogens with zero attached hydrogens (tertiary/aromatic N) is 2. The quantitative estimate of drug-likeness (QED) is 0.856. The van der Waals surface area contributed by atoms with Gasteiger partial charge in [-0.3, -0.25) is 0 Å². The third-order valence-electron chi connectivity index (χ3n) is 2.76. The number of ether oxygens (including phenoxy) is 1. The minimum absolute atomic E-state index is 0.128. The Morgan fingerprint density at radius 1 is 1.26 bits per heavy atom. The number of halogens is 3. The Kier molecular flexibility index (Phi) is 4.29. The number of hydrogen-bond acceptors (Lipinski definition) is 5. The summed E-state index contributed by atoms with van der Waals surface area (Å²) in [6, 6.07) is 6.94. The number of hydrogen-bond donors (Lipinski definition) is 0. The van der Waals surface area contributed by atoms with Gasteiger partial charge >= 0.3 is 6.18 Å².